The van der Waals surface area contributed by atoms with E-state index >= 15 is 0 Å². The lowest BCUT2D eigenvalue weighted by Gasteiger charge is -2.11. The molecule has 0 aliphatic carbocycles. The molecule has 0 unspecified atom stereocenters. The van der Waals surface area contributed by atoms with Crippen molar-refractivity contribution >= 4 is 9.84 Å². The predicted molar refractivity (Wildman–Crippen MR) is 96.1 cm³/mol. The van der Waals surface area contributed by atoms with E-state index in [4.69, 9.17) is 4.98 Å². The van der Waals surface area contributed by atoms with Gasteiger partial charge in [0.25, 0.3) is 0 Å². The molecule has 136 valence electrons. The molecule has 1 fully saturated rings. The van der Waals surface area contributed by atoms with E-state index in [1.54, 1.807) is 18.6 Å². The summed E-state index contributed by atoms with van der Waals surface area (Å²) in [4.78, 5) is 8.71. The topological polar surface area (TPSA) is 95.6 Å². The molecule has 9 heteroatoms. The average Bonchev–Trinajstić information content (AvgIpc) is 3.36. The Morgan fingerprint density at radius 3 is 2.73 bits per heavy atom. The van der Waals surface area contributed by atoms with Gasteiger partial charge in [-0.3, -0.25) is 9.67 Å². The second kappa shape index (κ2) is 6.99. The fourth-order valence-electron chi connectivity index (χ4n) is 3.24. The van der Waals surface area contributed by atoms with Gasteiger partial charge in [0, 0.05) is 43.3 Å². The van der Waals surface area contributed by atoms with Crippen molar-refractivity contribution in [2.24, 2.45) is 0 Å². The molecule has 0 saturated carbocycles. The van der Waals surface area contributed by atoms with Gasteiger partial charge in [-0.2, -0.15) is 10.2 Å². The van der Waals surface area contributed by atoms with Gasteiger partial charge in [0.1, 0.15) is 5.82 Å². The molecular weight excluding hydrogens is 352 g/mol. The Morgan fingerprint density at radius 2 is 2.04 bits per heavy atom. The van der Waals surface area contributed by atoms with E-state index in [9.17, 15) is 8.42 Å². The fraction of sp³-hybridized carbons (Fsp3) is 0.412. The minimum Gasteiger partial charge on any atom is -0.273 e. The summed E-state index contributed by atoms with van der Waals surface area (Å²) in [5, 5.41) is 8.84. The summed E-state index contributed by atoms with van der Waals surface area (Å²) in [5.41, 5.74) is 0.882. The normalized spacial score (nSPS) is 19.0. The summed E-state index contributed by atoms with van der Waals surface area (Å²) in [6.45, 7) is 0.785. The first-order valence-corrected chi connectivity index (χ1v) is 10.5. The van der Waals surface area contributed by atoms with E-state index in [2.05, 4.69) is 15.2 Å². The van der Waals surface area contributed by atoms with Crippen molar-refractivity contribution < 1.29 is 8.42 Å². The van der Waals surface area contributed by atoms with Gasteiger partial charge < -0.3 is 0 Å². The van der Waals surface area contributed by atoms with Crippen LogP contribution in [0.1, 0.15) is 24.7 Å². The number of hydrogen-bond acceptors (Lipinski definition) is 6. The third-order valence-electron chi connectivity index (χ3n) is 4.54. The van der Waals surface area contributed by atoms with Gasteiger partial charge in [0.05, 0.1) is 17.5 Å². The van der Waals surface area contributed by atoms with Gasteiger partial charge in [-0.15, -0.1) is 0 Å². The second-order valence-electron chi connectivity index (χ2n) is 6.46. The molecule has 3 aromatic heterocycles. The highest BCUT2D eigenvalue weighted by atomic mass is 32.2. The zero-order valence-corrected chi connectivity index (χ0v) is 15.1. The van der Waals surface area contributed by atoms with Crippen LogP contribution in [-0.4, -0.2) is 49.5 Å². The Bertz CT molecular complexity index is 966. The van der Waals surface area contributed by atoms with E-state index in [0.717, 1.165) is 24.4 Å². The zero-order valence-electron chi connectivity index (χ0n) is 14.3. The molecular formula is C17H20N6O2S. The van der Waals surface area contributed by atoms with Gasteiger partial charge in [-0.05, 0) is 31.0 Å². The van der Waals surface area contributed by atoms with Gasteiger partial charge in [-0.1, -0.05) is 0 Å². The lowest BCUT2D eigenvalue weighted by Crippen LogP contribution is -2.16. The minimum absolute atomic E-state index is 0.136. The number of nitrogens with zero attached hydrogens (tertiary/aromatic N) is 6. The quantitative estimate of drug-likeness (QED) is 0.651. The van der Waals surface area contributed by atoms with E-state index in [-0.39, 0.29) is 17.5 Å². The molecule has 3 aromatic rings. The summed E-state index contributed by atoms with van der Waals surface area (Å²) in [6.07, 6.45) is 9.25. The van der Waals surface area contributed by atoms with Crippen LogP contribution in [0.4, 0.5) is 0 Å². The molecule has 1 atom stereocenters. The van der Waals surface area contributed by atoms with Crippen molar-refractivity contribution in [1.29, 1.82) is 0 Å². The minimum atomic E-state index is -2.98. The maximum atomic E-state index is 11.9. The van der Waals surface area contributed by atoms with Crippen molar-refractivity contribution in [3.05, 3.63) is 48.8 Å². The maximum Gasteiger partial charge on any atom is 0.181 e. The van der Waals surface area contributed by atoms with Gasteiger partial charge >= 0.3 is 0 Å². The molecule has 0 amide bonds. The molecule has 4 heterocycles. The Balaban J connectivity index is 1.58. The van der Waals surface area contributed by atoms with Crippen LogP contribution in [0.25, 0.3) is 11.4 Å². The van der Waals surface area contributed by atoms with Crippen LogP contribution in [0, 0.1) is 0 Å². The molecule has 4 rings (SSSR count). The number of pyridine rings is 1. The fourth-order valence-corrected chi connectivity index (χ4v) is 4.93. The Kier molecular flexibility index (Phi) is 4.54. The van der Waals surface area contributed by atoms with Crippen molar-refractivity contribution in [1.82, 2.24) is 29.5 Å². The molecule has 1 aliphatic rings. The predicted octanol–water partition coefficient (Wildman–Crippen LogP) is 1.53. The first kappa shape index (κ1) is 16.9. The standard InChI is InChI=1S/C17H20N6O2S/c24-26(25)12-6-15(13-26)23-16(3-1-10-22-11-2-7-19-22)20-17(21-23)14-4-8-18-9-5-14/h2,4-5,7-9,11,15H,1,3,6,10,12-13H2/t15-/m1/s1. The Morgan fingerprint density at radius 1 is 1.19 bits per heavy atom. The molecule has 0 spiro atoms. The molecule has 26 heavy (non-hydrogen) atoms. The number of hydrogen-bond donors (Lipinski definition) is 0. The molecule has 0 N–H and O–H groups in total. The summed E-state index contributed by atoms with van der Waals surface area (Å²) in [5.74, 6) is 1.80. The molecule has 8 nitrogen and oxygen atoms in total. The zero-order chi connectivity index (χ0) is 18.0. The molecule has 0 radical (unpaired) electrons. The number of aromatic nitrogens is 6. The maximum absolute atomic E-state index is 11.9. The first-order valence-electron chi connectivity index (χ1n) is 8.64. The van der Waals surface area contributed by atoms with Crippen molar-refractivity contribution in [2.75, 3.05) is 11.5 Å². The second-order valence-corrected chi connectivity index (χ2v) is 8.69. The summed E-state index contributed by atoms with van der Waals surface area (Å²) < 4.78 is 27.5. The van der Waals surface area contributed by atoms with Crippen LogP contribution in [0.3, 0.4) is 0 Å². The summed E-state index contributed by atoms with van der Waals surface area (Å²) in [7, 11) is -2.98. The third kappa shape index (κ3) is 3.67. The lowest BCUT2D eigenvalue weighted by atomic mass is 10.2. The van der Waals surface area contributed by atoms with Gasteiger partial charge in [0.2, 0.25) is 0 Å². The van der Waals surface area contributed by atoms with Gasteiger partial charge in [-0.25, -0.2) is 18.1 Å². The van der Waals surface area contributed by atoms with Crippen molar-refractivity contribution in [3.8, 4) is 11.4 Å². The van der Waals surface area contributed by atoms with Crippen molar-refractivity contribution in [2.45, 2.75) is 31.8 Å². The summed E-state index contributed by atoms with van der Waals surface area (Å²) in [6, 6.07) is 5.48. The van der Waals surface area contributed by atoms with Crippen LogP contribution in [0.5, 0.6) is 0 Å². The highest BCUT2D eigenvalue weighted by molar-refractivity contribution is 7.91. The molecule has 0 bridgehead atoms. The largest absolute Gasteiger partial charge is 0.273 e. The van der Waals surface area contributed by atoms with Crippen LogP contribution in [-0.2, 0) is 22.8 Å². The van der Waals surface area contributed by atoms with E-state index in [0.29, 0.717) is 18.7 Å². The lowest BCUT2D eigenvalue weighted by molar-refractivity contribution is 0.466. The highest BCUT2D eigenvalue weighted by Crippen LogP contribution is 2.26. The van der Waals surface area contributed by atoms with E-state index in [1.807, 2.05) is 33.8 Å². The smallest absolute Gasteiger partial charge is 0.181 e. The number of aryl methyl sites for hydroxylation is 2. The highest BCUT2D eigenvalue weighted by Gasteiger charge is 2.31. The molecule has 1 saturated heterocycles. The number of rotatable bonds is 6. The van der Waals surface area contributed by atoms with Crippen LogP contribution < -0.4 is 0 Å². The van der Waals surface area contributed by atoms with Crippen LogP contribution >= 0.6 is 0 Å². The van der Waals surface area contributed by atoms with Crippen LogP contribution in [0.15, 0.2) is 43.0 Å². The SMILES string of the molecule is O=S1(=O)CC[C@@H](n2nc(-c3ccncc3)nc2CCCn2cccn2)C1. The number of sulfone groups is 1. The molecule has 0 aromatic carbocycles. The third-order valence-corrected chi connectivity index (χ3v) is 6.29. The Labute approximate surface area is 151 Å². The van der Waals surface area contributed by atoms with Gasteiger partial charge in [0.15, 0.2) is 15.7 Å². The van der Waals surface area contributed by atoms with E-state index in [1.165, 1.54) is 0 Å². The van der Waals surface area contributed by atoms with Crippen LogP contribution in [0.2, 0.25) is 0 Å². The monoisotopic (exact) mass is 372 g/mol. The summed E-state index contributed by atoms with van der Waals surface area (Å²) >= 11 is 0. The van der Waals surface area contributed by atoms with Crippen molar-refractivity contribution in [3.63, 3.8) is 0 Å². The average molecular weight is 372 g/mol. The first-order chi connectivity index (χ1) is 12.6. The molecule has 1 aliphatic heterocycles. The van der Waals surface area contributed by atoms with E-state index < -0.39 is 9.84 Å². The Hall–Kier alpha value is -2.55.